The van der Waals surface area contributed by atoms with Crippen LogP contribution < -0.4 is 5.32 Å². The van der Waals surface area contributed by atoms with Crippen LogP contribution in [0.3, 0.4) is 0 Å². The number of fused-ring (bicyclic) bond motifs is 3. The van der Waals surface area contributed by atoms with Gasteiger partial charge in [-0.05, 0) is 24.3 Å². The zero-order chi connectivity index (χ0) is 16.0. The van der Waals surface area contributed by atoms with E-state index in [0.29, 0.717) is 20.8 Å². The Bertz CT molecular complexity index is 988. The summed E-state index contributed by atoms with van der Waals surface area (Å²) >= 11 is 18.7. The molecule has 1 aliphatic heterocycles. The van der Waals surface area contributed by atoms with Gasteiger partial charge in [0.15, 0.2) is 0 Å². The molecular formula is C16H9Cl3N4. The van der Waals surface area contributed by atoms with Crippen molar-refractivity contribution in [3.05, 3.63) is 69.1 Å². The van der Waals surface area contributed by atoms with Crippen LogP contribution in [0.15, 0.2) is 47.9 Å². The number of halogens is 3. The number of aromatic nitrogens is 2. The number of aliphatic imine (C=N–C) groups is 1. The molecule has 23 heavy (non-hydrogen) atoms. The predicted octanol–water partition coefficient (Wildman–Crippen LogP) is 5.26. The fourth-order valence-electron chi connectivity index (χ4n) is 2.61. The molecule has 0 saturated carbocycles. The number of benzene rings is 2. The first-order chi connectivity index (χ1) is 11.1. The van der Waals surface area contributed by atoms with Crippen molar-refractivity contribution in [2.75, 3.05) is 5.32 Å². The normalized spacial score (nSPS) is 13.4. The summed E-state index contributed by atoms with van der Waals surface area (Å²) in [7, 11) is 0. The van der Waals surface area contributed by atoms with Crippen LogP contribution in [0.25, 0.3) is 10.9 Å². The van der Waals surface area contributed by atoms with Crippen molar-refractivity contribution in [1.82, 2.24) is 10.2 Å². The van der Waals surface area contributed by atoms with E-state index in [1.807, 2.05) is 12.1 Å². The molecule has 0 saturated heterocycles. The zero-order valence-electron chi connectivity index (χ0n) is 11.6. The van der Waals surface area contributed by atoms with Crippen molar-refractivity contribution in [3.63, 3.8) is 0 Å². The molecule has 114 valence electrons. The third-order valence-electron chi connectivity index (χ3n) is 3.64. The van der Waals surface area contributed by atoms with Crippen LogP contribution in [0.5, 0.6) is 0 Å². The molecule has 0 spiro atoms. The summed E-state index contributed by atoms with van der Waals surface area (Å²) in [5, 5.41) is 12.8. The van der Waals surface area contributed by atoms with E-state index in [1.54, 1.807) is 30.7 Å². The molecule has 0 bridgehead atoms. The average Bonchev–Trinajstić information content (AvgIpc) is 2.92. The molecule has 0 aliphatic carbocycles. The van der Waals surface area contributed by atoms with E-state index >= 15 is 0 Å². The molecule has 3 aromatic rings. The van der Waals surface area contributed by atoms with Crippen molar-refractivity contribution < 1.29 is 0 Å². The van der Waals surface area contributed by atoms with Gasteiger partial charge in [-0.25, -0.2) is 0 Å². The first kappa shape index (κ1) is 14.6. The second-order valence-electron chi connectivity index (χ2n) is 5.00. The Balaban J connectivity index is 2.02. The van der Waals surface area contributed by atoms with Crippen molar-refractivity contribution in [2.24, 2.45) is 4.99 Å². The highest BCUT2D eigenvalue weighted by atomic mass is 35.5. The Morgan fingerprint density at radius 3 is 2.65 bits per heavy atom. The molecule has 2 aromatic carbocycles. The second kappa shape index (κ2) is 5.57. The van der Waals surface area contributed by atoms with Crippen molar-refractivity contribution in [3.8, 4) is 0 Å². The van der Waals surface area contributed by atoms with Gasteiger partial charge >= 0.3 is 0 Å². The molecule has 4 nitrogen and oxygen atoms in total. The first-order valence-corrected chi connectivity index (χ1v) is 7.89. The highest BCUT2D eigenvalue weighted by Gasteiger charge is 2.20. The number of anilines is 1. The molecule has 0 amide bonds. The van der Waals surface area contributed by atoms with E-state index in [0.717, 1.165) is 27.7 Å². The highest BCUT2D eigenvalue weighted by Crippen LogP contribution is 2.36. The van der Waals surface area contributed by atoms with Gasteiger partial charge in [0.1, 0.15) is 0 Å². The van der Waals surface area contributed by atoms with E-state index in [-0.39, 0.29) is 0 Å². The summed E-state index contributed by atoms with van der Waals surface area (Å²) in [6, 6.07) is 7.17. The van der Waals surface area contributed by atoms with Gasteiger partial charge in [0.05, 0.1) is 33.2 Å². The third kappa shape index (κ3) is 2.39. The van der Waals surface area contributed by atoms with Crippen LogP contribution in [-0.2, 0) is 0 Å². The Morgan fingerprint density at radius 1 is 0.957 bits per heavy atom. The summed E-state index contributed by atoms with van der Waals surface area (Å²) < 4.78 is 0. The summed E-state index contributed by atoms with van der Waals surface area (Å²) in [4.78, 5) is 4.51. The van der Waals surface area contributed by atoms with E-state index in [1.165, 1.54) is 0 Å². The summed E-state index contributed by atoms with van der Waals surface area (Å²) in [5.74, 6) is 0. The lowest BCUT2D eigenvalue weighted by Gasteiger charge is -2.13. The van der Waals surface area contributed by atoms with Gasteiger partial charge in [-0.1, -0.05) is 34.8 Å². The minimum Gasteiger partial charge on any atom is -0.359 e. The van der Waals surface area contributed by atoms with Gasteiger partial charge in [0.2, 0.25) is 0 Å². The maximum Gasteiger partial charge on any atom is 0.0857 e. The fraction of sp³-hybridized carbons (Fsp3) is 0. The Morgan fingerprint density at radius 2 is 1.83 bits per heavy atom. The van der Waals surface area contributed by atoms with Crippen molar-refractivity contribution in [2.45, 2.75) is 0 Å². The maximum atomic E-state index is 6.38. The maximum absolute atomic E-state index is 6.38. The molecule has 1 aliphatic rings. The van der Waals surface area contributed by atoms with Crippen LogP contribution in [-0.4, -0.2) is 15.9 Å². The Kier molecular flexibility index (Phi) is 3.53. The van der Waals surface area contributed by atoms with E-state index in [9.17, 15) is 0 Å². The molecular weight excluding hydrogens is 355 g/mol. The lowest BCUT2D eigenvalue weighted by atomic mass is 9.98. The molecule has 1 aromatic heterocycles. The SMILES string of the molecule is Clc1ccc(C2=NC=CNc3c2cc(Cl)c2[nH]ncc32)c(Cl)c1. The molecule has 2 heterocycles. The summed E-state index contributed by atoms with van der Waals surface area (Å²) in [6.07, 6.45) is 5.17. The second-order valence-corrected chi connectivity index (χ2v) is 6.25. The van der Waals surface area contributed by atoms with Gasteiger partial charge in [-0.3, -0.25) is 10.1 Å². The lowest BCUT2D eigenvalue weighted by Crippen LogP contribution is -2.06. The van der Waals surface area contributed by atoms with Crippen molar-refractivity contribution >= 4 is 57.1 Å². The van der Waals surface area contributed by atoms with Crippen LogP contribution in [0.1, 0.15) is 11.1 Å². The Hall–Kier alpha value is -2.01. The number of nitrogens with zero attached hydrogens (tertiary/aromatic N) is 2. The van der Waals surface area contributed by atoms with Gasteiger partial charge in [-0.2, -0.15) is 5.10 Å². The van der Waals surface area contributed by atoms with E-state index in [2.05, 4.69) is 20.5 Å². The van der Waals surface area contributed by atoms with Crippen LogP contribution in [0, 0.1) is 0 Å². The number of H-pyrrole nitrogens is 1. The fourth-order valence-corrected chi connectivity index (χ4v) is 3.37. The highest BCUT2D eigenvalue weighted by molar-refractivity contribution is 6.40. The standard InChI is InChI=1S/C16H9Cl3N4/c17-8-1-2-9(12(18)5-8)14-10-6-13(19)16-11(7-22-23-16)15(10)21-4-3-20-14/h1-7,21H,(H,22,23). The number of hydrogen-bond donors (Lipinski definition) is 2. The number of nitrogens with one attached hydrogen (secondary N) is 2. The minimum absolute atomic E-state index is 0.529. The van der Waals surface area contributed by atoms with Gasteiger partial charge in [-0.15, -0.1) is 0 Å². The number of aromatic amines is 1. The molecule has 4 rings (SSSR count). The van der Waals surface area contributed by atoms with E-state index in [4.69, 9.17) is 34.8 Å². The Labute approximate surface area is 146 Å². The summed E-state index contributed by atoms with van der Waals surface area (Å²) in [6.45, 7) is 0. The average molecular weight is 364 g/mol. The molecule has 7 heteroatoms. The van der Waals surface area contributed by atoms with Crippen molar-refractivity contribution in [1.29, 1.82) is 0 Å². The van der Waals surface area contributed by atoms with Crippen LogP contribution in [0.4, 0.5) is 5.69 Å². The topological polar surface area (TPSA) is 53.1 Å². The van der Waals surface area contributed by atoms with Crippen LogP contribution in [0.2, 0.25) is 15.1 Å². The molecule has 0 fully saturated rings. The smallest absolute Gasteiger partial charge is 0.0857 e. The first-order valence-electron chi connectivity index (χ1n) is 6.76. The van der Waals surface area contributed by atoms with Gasteiger partial charge < -0.3 is 5.32 Å². The molecule has 0 radical (unpaired) electrons. The van der Waals surface area contributed by atoms with Gasteiger partial charge in [0, 0.05) is 33.9 Å². The van der Waals surface area contributed by atoms with Gasteiger partial charge in [0.25, 0.3) is 0 Å². The predicted molar refractivity (Wildman–Crippen MR) is 96.0 cm³/mol. The number of rotatable bonds is 1. The monoisotopic (exact) mass is 362 g/mol. The molecule has 2 N–H and O–H groups in total. The summed E-state index contributed by atoms with van der Waals surface area (Å²) in [5.41, 5.74) is 3.99. The van der Waals surface area contributed by atoms with E-state index < -0.39 is 0 Å². The number of hydrogen-bond acceptors (Lipinski definition) is 3. The van der Waals surface area contributed by atoms with Crippen LogP contribution >= 0.6 is 34.8 Å². The third-order valence-corrected chi connectivity index (χ3v) is 4.48. The largest absolute Gasteiger partial charge is 0.359 e. The molecule has 0 unspecified atom stereocenters. The quantitative estimate of drug-likeness (QED) is 0.620. The minimum atomic E-state index is 0.529. The zero-order valence-corrected chi connectivity index (χ0v) is 13.8. The lowest BCUT2D eigenvalue weighted by molar-refractivity contribution is 1.12. The molecule has 0 atom stereocenters.